The van der Waals surface area contributed by atoms with Gasteiger partial charge < -0.3 is 10.6 Å². The fourth-order valence-corrected chi connectivity index (χ4v) is 4.08. The number of fused-ring (bicyclic) bond motifs is 1. The lowest BCUT2D eigenvalue weighted by atomic mass is 9.96. The normalized spacial score (nSPS) is 18.1. The number of hydrogen-bond donors (Lipinski definition) is 2. The molecule has 0 saturated carbocycles. The summed E-state index contributed by atoms with van der Waals surface area (Å²) in [6.07, 6.45) is -4.89. The molecule has 0 spiro atoms. The molecule has 1 amide bonds. The largest absolute Gasteiger partial charge is 0.410 e. The number of halogens is 6. The number of carbonyl (C=O) groups excluding carboxylic acids is 1. The number of nitrogens with one attached hydrogen (secondary N) is 2. The van der Waals surface area contributed by atoms with E-state index in [1.165, 1.54) is 18.2 Å². The first-order valence-corrected chi connectivity index (χ1v) is 10.6. The first-order valence-electron chi connectivity index (χ1n) is 9.49. The second kappa shape index (κ2) is 8.50. The molecule has 3 aromatic rings. The van der Waals surface area contributed by atoms with E-state index in [1.54, 1.807) is 12.1 Å². The summed E-state index contributed by atoms with van der Waals surface area (Å²) in [7, 11) is 0. The molecular weight excluding hydrogens is 488 g/mol. The number of hydrogen-bond acceptors (Lipinski definition) is 3. The highest BCUT2D eigenvalue weighted by atomic mass is 35.5. The lowest BCUT2D eigenvalue weighted by molar-refractivity contribution is -0.173. The van der Waals surface area contributed by atoms with Gasteiger partial charge in [-0.25, -0.2) is 4.68 Å². The van der Waals surface area contributed by atoms with Crippen LogP contribution in [0.15, 0.2) is 42.5 Å². The van der Waals surface area contributed by atoms with Crippen LogP contribution in [-0.4, -0.2) is 21.9 Å². The smallest absolute Gasteiger partial charge is 0.362 e. The number of aryl methyl sites for hydroxylation is 1. The summed E-state index contributed by atoms with van der Waals surface area (Å²) in [5.74, 6) is -0.838. The van der Waals surface area contributed by atoms with Crippen LogP contribution in [0.3, 0.4) is 0 Å². The Kier molecular flexibility index (Phi) is 6.04. The number of alkyl halides is 3. The zero-order chi connectivity index (χ0) is 23.2. The van der Waals surface area contributed by atoms with E-state index in [9.17, 15) is 18.0 Å². The Morgan fingerprint density at radius 2 is 1.81 bits per heavy atom. The molecule has 2 heterocycles. The molecule has 1 aliphatic rings. The maximum Gasteiger partial charge on any atom is 0.410 e. The molecule has 4 rings (SSSR count). The van der Waals surface area contributed by atoms with E-state index in [4.69, 9.17) is 34.8 Å². The van der Waals surface area contributed by atoms with Gasteiger partial charge in [0.25, 0.3) is 5.91 Å². The van der Waals surface area contributed by atoms with Crippen LogP contribution in [0.4, 0.5) is 24.7 Å². The van der Waals surface area contributed by atoms with Gasteiger partial charge >= 0.3 is 6.18 Å². The van der Waals surface area contributed by atoms with Gasteiger partial charge in [-0.2, -0.15) is 18.3 Å². The Morgan fingerprint density at radius 1 is 1.12 bits per heavy atom. The van der Waals surface area contributed by atoms with Crippen LogP contribution in [0, 0.1) is 6.92 Å². The third-order valence-electron chi connectivity index (χ3n) is 5.17. The number of benzene rings is 2. The number of nitrogens with zero attached hydrogens (tertiary/aromatic N) is 2. The molecule has 2 N–H and O–H groups in total. The Morgan fingerprint density at radius 3 is 2.44 bits per heavy atom. The van der Waals surface area contributed by atoms with Crippen LogP contribution in [0.5, 0.6) is 0 Å². The minimum Gasteiger partial charge on any atom is -0.362 e. The molecule has 1 aliphatic heterocycles. The molecule has 168 valence electrons. The first-order chi connectivity index (χ1) is 15.0. The zero-order valence-corrected chi connectivity index (χ0v) is 18.7. The molecule has 0 fully saturated rings. The quantitative estimate of drug-likeness (QED) is 0.402. The van der Waals surface area contributed by atoms with E-state index < -0.39 is 24.2 Å². The highest BCUT2D eigenvalue weighted by Gasteiger charge is 2.47. The average Bonchev–Trinajstić information content (AvgIpc) is 3.06. The molecule has 5 nitrogen and oxygen atoms in total. The predicted octanol–water partition coefficient (Wildman–Crippen LogP) is 7.06. The zero-order valence-electron chi connectivity index (χ0n) is 16.5. The molecule has 0 saturated heterocycles. The summed E-state index contributed by atoms with van der Waals surface area (Å²) in [6, 6.07) is 8.95. The van der Waals surface area contributed by atoms with Crippen LogP contribution in [0.2, 0.25) is 15.1 Å². The molecule has 11 heteroatoms. The standard InChI is InChI=1S/C21H16Cl3F3N4O/c1-10-2-4-11(5-3-10)15-9-16(21(25,26)27)31-19(29-15)17(24)18(30-31)20(32)28-12-6-7-13(22)14(23)8-12/h2-8,15-16,29H,9H2,1H3,(H,28,32). The lowest BCUT2D eigenvalue weighted by Crippen LogP contribution is -2.35. The maximum absolute atomic E-state index is 13.9. The van der Waals surface area contributed by atoms with Crippen molar-refractivity contribution in [1.82, 2.24) is 9.78 Å². The Labute approximate surface area is 196 Å². The Bertz CT molecular complexity index is 1180. The molecule has 32 heavy (non-hydrogen) atoms. The monoisotopic (exact) mass is 502 g/mol. The Hall–Kier alpha value is -2.42. The number of amides is 1. The predicted molar refractivity (Wildman–Crippen MR) is 119 cm³/mol. The van der Waals surface area contributed by atoms with Crippen LogP contribution in [0.1, 0.15) is 40.1 Å². The van der Waals surface area contributed by atoms with Crippen LogP contribution >= 0.6 is 34.8 Å². The van der Waals surface area contributed by atoms with Gasteiger partial charge in [0, 0.05) is 12.1 Å². The molecule has 0 aliphatic carbocycles. The van der Waals surface area contributed by atoms with Crippen molar-refractivity contribution in [3.8, 4) is 0 Å². The molecular formula is C21H16Cl3F3N4O. The summed E-state index contributed by atoms with van der Waals surface area (Å²) in [5, 5.41) is 9.74. The van der Waals surface area contributed by atoms with Gasteiger partial charge in [-0.3, -0.25) is 4.79 Å². The fourth-order valence-electron chi connectivity index (χ4n) is 3.52. The van der Waals surface area contributed by atoms with E-state index in [-0.39, 0.29) is 28.0 Å². The average molecular weight is 504 g/mol. The molecule has 2 unspecified atom stereocenters. The molecule has 2 aromatic carbocycles. The van der Waals surface area contributed by atoms with Crippen molar-refractivity contribution < 1.29 is 18.0 Å². The van der Waals surface area contributed by atoms with Crippen molar-refractivity contribution in [3.63, 3.8) is 0 Å². The van der Waals surface area contributed by atoms with Gasteiger partial charge in [0.1, 0.15) is 10.8 Å². The SMILES string of the molecule is Cc1ccc(C2CC(C(F)(F)F)n3nc(C(=O)Nc4ccc(Cl)c(Cl)c4)c(Cl)c3N2)cc1. The third-order valence-corrected chi connectivity index (χ3v) is 6.26. The van der Waals surface area contributed by atoms with Gasteiger partial charge in [0.05, 0.1) is 16.1 Å². The highest BCUT2D eigenvalue weighted by molar-refractivity contribution is 6.42. The maximum atomic E-state index is 13.9. The van der Waals surface area contributed by atoms with Gasteiger partial charge in [-0.1, -0.05) is 64.6 Å². The first kappa shape index (κ1) is 22.8. The number of anilines is 2. The van der Waals surface area contributed by atoms with Crippen molar-refractivity contribution in [2.24, 2.45) is 0 Å². The van der Waals surface area contributed by atoms with Crippen molar-refractivity contribution in [3.05, 3.63) is 74.4 Å². The summed E-state index contributed by atoms with van der Waals surface area (Å²) in [6.45, 7) is 1.89. The van der Waals surface area contributed by atoms with Crippen LogP contribution in [0.25, 0.3) is 0 Å². The summed E-state index contributed by atoms with van der Waals surface area (Å²) in [5.41, 5.74) is 1.62. The van der Waals surface area contributed by atoms with Crippen molar-refractivity contribution in [2.45, 2.75) is 31.6 Å². The number of rotatable bonds is 3. The molecule has 0 bridgehead atoms. The second-order valence-electron chi connectivity index (χ2n) is 7.44. The summed E-state index contributed by atoms with van der Waals surface area (Å²) >= 11 is 18.1. The van der Waals surface area contributed by atoms with Crippen molar-refractivity contribution in [1.29, 1.82) is 0 Å². The molecule has 0 radical (unpaired) electrons. The van der Waals surface area contributed by atoms with E-state index in [1.807, 2.05) is 19.1 Å². The van der Waals surface area contributed by atoms with Crippen molar-refractivity contribution in [2.75, 3.05) is 10.6 Å². The summed E-state index contributed by atoms with van der Waals surface area (Å²) < 4.78 is 42.4. The molecule has 2 atom stereocenters. The highest BCUT2D eigenvalue weighted by Crippen LogP contribution is 2.46. The summed E-state index contributed by atoms with van der Waals surface area (Å²) in [4.78, 5) is 12.7. The minimum absolute atomic E-state index is 0.0647. The van der Waals surface area contributed by atoms with Crippen LogP contribution in [-0.2, 0) is 0 Å². The van der Waals surface area contributed by atoms with Crippen LogP contribution < -0.4 is 10.6 Å². The Balaban J connectivity index is 1.69. The van der Waals surface area contributed by atoms with Gasteiger partial charge in [-0.15, -0.1) is 0 Å². The fraction of sp³-hybridized carbons (Fsp3) is 0.238. The molecule has 1 aromatic heterocycles. The third kappa shape index (κ3) is 4.40. The van der Waals surface area contributed by atoms with E-state index in [0.717, 1.165) is 10.2 Å². The second-order valence-corrected chi connectivity index (χ2v) is 8.63. The van der Waals surface area contributed by atoms with E-state index in [2.05, 4.69) is 15.7 Å². The van der Waals surface area contributed by atoms with Gasteiger partial charge in [0.2, 0.25) is 0 Å². The van der Waals surface area contributed by atoms with Gasteiger partial charge in [-0.05, 0) is 30.7 Å². The van der Waals surface area contributed by atoms with Crippen molar-refractivity contribution >= 4 is 52.2 Å². The van der Waals surface area contributed by atoms with E-state index >= 15 is 0 Å². The van der Waals surface area contributed by atoms with Gasteiger partial charge in [0.15, 0.2) is 11.7 Å². The topological polar surface area (TPSA) is 59.0 Å². The minimum atomic E-state index is -4.59. The lowest BCUT2D eigenvalue weighted by Gasteiger charge is -2.33. The number of aromatic nitrogens is 2. The van der Waals surface area contributed by atoms with E-state index in [0.29, 0.717) is 16.3 Å². The number of carbonyl (C=O) groups is 1.